The van der Waals surface area contributed by atoms with Gasteiger partial charge in [-0.15, -0.1) is 11.3 Å². The highest BCUT2D eigenvalue weighted by molar-refractivity contribution is 7.16. The molecule has 1 N–H and O–H groups in total. The second-order valence-corrected chi connectivity index (χ2v) is 6.45. The van der Waals surface area contributed by atoms with Crippen molar-refractivity contribution in [2.45, 2.75) is 20.0 Å². The Morgan fingerprint density at radius 3 is 2.83 bits per heavy atom. The summed E-state index contributed by atoms with van der Waals surface area (Å²) in [4.78, 5) is 25.1. The van der Waals surface area contributed by atoms with Gasteiger partial charge in [0.1, 0.15) is 17.1 Å². The molecule has 0 saturated carbocycles. The zero-order valence-electron chi connectivity index (χ0n) is 13.5. The molecule has 24 heavy (non-hydrogen) atoms. The van der Waals surface area contributed by atoms with Crippen LogP contribution in [0.15, 0.2) is 41.8 Å². The van der Waals surface area contributed by atoms with Crippen LogP contribution < -0.4 is 5.32 Å². The van der Waals surface area contributed by atoms with E-state index in [2.05, 4.69) is 5.32 Å². The van der Waals surface area contributed by atoms with Crippen LogP contribution in [-0.2, 0) is 22.6 Å². The van der Waals surface area contributed by atoms with Gasteiger partial charge in [-0.25, -0.2) is 4.79 Å². The number of methoxy groups -OCH3 is 1. The van der Waals surface area contributed by atoms with Crippen LogP contribution in [0.4, 0.5) is 0 Å². The van der Waals surface area contributed by atoms with E-state index in [-0.39, 0.29) is 12.5 Å². The molecule has 0 radical (unpaired) electrons. The average Bonchev–Trinajstić information content (AvgIpc) is 3.15. The Morgan fingerprint density at radius 1 is 1.25 bits per heavy atom. The number of fused-ring (bicyclic) bond motifs is 1. The van der Waals surface area contributed by atoms with Crippen molar-refractivity contribution < 1.29 is 14.3 Å². The zero-order chi connectivity index (χ0) is 17.1. The first-order chi connectivity index (χ1) is 11.6. The largest absolute Gasteiger partial charge is 0.464 e. The second kappa shape index (κ2) is 6.88. The molecule has 0 aliphatic heterocycles. The quantitative estimate of drug-likeness (QED) is 0.725. The molecule has 5 nitrogen and oxygen atoms in total. The van der Waals surface area contributed by atoms with Gasteiger partial charge in [0.15, 0.2) is 0 Å². The monoisotopic (exact) mass is 342 g/mol. The number of esters is 1. The maximum atomic E-state index is 12.3. The summed E-state index contributed by atoms with van der Waals surface area (Å²) >= 11 is 1.50. The molecule has 6 heteroatoms. The fraction of sp³-hybridized carbons (Fsp3) is 0.222. The molecule has 0 aliphatic carbocycles. The molecule has 2 aromatic heterocycles. The molecule has 1 aromatic carbocycles. The third-order valence-electron chi connectivity index (χ3n) is 3.77. The van der Waals surface area contributed by atoms with E-state index in [4.69, 9.17) is 4.74 Å². The van der Waals surface area contributed by atoms with Crippen LogP contribution in [0.25, 0.3) is 10.2 Å². The summed E-state index contributed by atoms with van der Waals surface area (Å²) < 4.78 is 6.52. The molecular weight excluding hydrogens is 324 g/mol. The molecule has 0 aliphatic rings. The van der Waals surface area contributed by atoms with Gasteiger partial charge in [-0.1, -0.05) is 29.8 Å². The summed E-state index contributed by atoms with van der Waals surface area (Å²) in [5.41, 5.74) is 2.59. The predicted molar refractivity (Wildman–Crippen MR) is 94.2 cm³/mol. The second-order valence-electron chi connectivity index (χ2n) is 5.55. The molecule has 0 saturated heterocycles. The van der Waals surface area contributed by atoms with E-state index in [9.17, 15) is 9.59 Å². The lowest BCUT2D eigenvalue weighted by atomic mass is 10.1. The average molecular weight is 342 g/mol. The number of rotatable bonds is 5. The summed E-state index contributed by atoms with van der Waals surface area (Å²) in [5.74, 6) is -0.586. The number of hydrogen-bond donors (Lipinski definition) is 1. The van der Waals surface area contributed by atoms with E-state index in [0.717, 1.165) is 21.3 Å². The zero-order valence-corrected chi connectivity index (χ0v) is 14.4. The van der Waals surface area contributed by atoms with Crippen LogP contribution in [0.2, 0.25) is 0 Å². The lowest BCUT2D eigenvalue weighted by Gasteiger charge is -2.10. The first kappa shape index (κ1) is 16.3. The summed E-state index contributed by atoms with van der Waals surface area (Å²) in [5, 5.41) is 5.77. The van der Waals surface area contributed by atoms with E-state index < -0.39 is 5.97 Å². The normalized spacial score (nSPS) is 10.8. The lowest BCUT2D eigenvalue weighted by molar-refractivity contribution is -0.121. The Hall–Kier alpha value is -2.60. The van der Waals surface area contributed by atoms with Gasteiger partial charge in [0.05, 0.1) is 7.11 Å². The van der Waals surface area contributed by atoms with E-state index >= 15 is 0 Å². The van der Waals surface area contributed by atoms with Crippen LogP contribution in [0.1, 0.15) is 21.6 Å². The van der Waals surface area contributed by atoms with Crippen LogP contribution in [0, 0.1) is 6.92 Å². The molecule has 0 bridgehead atoms. The van der Waals surface area contributed by atoms with Gasteiger partial charge in [-0.05, 0) is 30.0 Å². The number of benzene rings is 1. The Bertz CT molecular complexity index is 895. The summed E-state index contributed by atoms with van der Waals surface area (Å²) in [7, 11) is 1.34. The number of amides is 1. The number of aryl methyl sites for hydroxylation is 1. The summed E-state index contributed by atoms with van der Waals surface area (Å²) in [6.45, 7) is 2.56. The van der Waals surface area contributed by atoms with E-state index in [1.54, 1.807) is 10.6 Å². The van der Waals surface area contributed by atoms with E-state index in [0.29, 0.717) is 12.2 Å². The van der Waals surface area contributed by atoms with Crippen molar-refractivity contribution in [3.63, 3.8) is 0 Å². The van der Waals surface area contributed by atoms with Gasteiger partial charge >= 0.3 is 5.97 Å². The summed E-state index contributed by atoms with van der Waals surface area (Å²) in [6.07, 6.45) is 0. The minimum Gasteiger partial charge on any atom is -0.464 e. The van der Waals surface area contributed by atoms with E-state index in [1.165, 1.54) is 18.4 Å². The molecular formula is C18H18N2O3S. The number of ether oxygens (including phenoxy) is 1. The van der Waals surface area contributed by atoms with Gasteiger partial charge < -0.3 is 14.6 Å². The lowest BCUT2D eigenvalue weighted by Crippen LogP contribution is -2.28. The SMILES string of the molecule is COC(=O)c1cc2ccsc2n1CC(=O)NCc1cccc(C)c1. The number of hydrogen-bond acceptors (Lipinski definition) is 4. The first-order valence-corrected chi connectivity index (χ1v) is 8.43. The number of carbonyl (C=O) groups is 2. The Kier molecular flexibility index (Phi) is 4.66. The number of carbonyl (C=O) groups excluding carboxylic acids is 2. The minimum absolute atomic E-state index is 0.0836. The molecule has 3 aromatic rings. The van der Waals surface area contributed by atoms with Crippen molar-refractivity contribution in [3.05, 3.63) is 58.6 Å². The summed E-state index contributed by atoms with van der Waals surface area (Å²) in [6, 6.07) is 11.7. The third kappa shape index (κ3) is 3.33. The molecule has 0 fully saturated rings. The molecule has 124 valence electrons. The number of thiophene rings is 1. The van der Waals surface area contributed by atoms with Gasteiger partial charge in [0, 0.05) is 11.9 Å². The predicted octanol–water partition coefficient (Wildman–Crippen LogP) is 3.11. The van der Waals surface area contributed by atoms with Crippen molar-refractivity contribution in [2.75, 3.05) is 7.11 Å². The maximum absolute atomic E-state index is 12.3. The highest BCUT2D eigenvalue weighted by Crippen LogP contribution is 2.25. The topological polar surface area (TPSA) is 60.3 Å². The Balaban J connectivity index is 1.75. The third-order valence-corrected chi connectivity index (χ3v) is 4.72. The van der Waals surface area contributed by atoms with Crippen molar-refractivity contribution in [1.29, 1.82) is 0 Å². The molecule has 0 unspecified atom stereocenters. The highest BCUT2D eigenvalue weighted by Gasteiger charge is 2.18. The molecule has 0 spiro atoms. The fourth-order valence-electron chi connectivity index (χ4n) is 2.63. The van der Waals surface area contributed by atoms with Gasteiger partial charge in [-0.3, -0.25) is 4.79 Å². The van der Waals surface area contributed by atoms with Gasteiger partial charge in [0.25, 0.3) is 0 Å². The van der Waals surface area contributed by atoms with Crippen LogP contribution >= 0.6 is 11.3 Å². The maximum Gasteiger partial charge on any atom is 0.354 e. The van der Waals surface area contributed by atoms with Crippen LogP contribution in [0.5, 0.6) is 0 Å². The van der Waals surface area contributed by atoms with Crippen LogP contribution in [0.3, 0.4) is 0 Å². The highest BCUT2D eigenvalue weighted by atomic mass is 32.1. The molecule has 0 atom stereocenters. The van der Waals surface area contributed by atoms with Gasteiger partial charge in [-0.2, -0.15) is 0 Å². The molecule has 1 amide bonds. The fourth-order valence-corrected chi connectivity index (χ4v) is 3.52. The number of nitrogens with zero attached hydrogens (tertiary/aromatic N) is 1. The first-order valence-electron chi connectivity index (χ1n) is 7.56. The van der Waals surface area contributed by atoms with Gasteiger partial charge in [0.2, 0.25) is 5.91 Å². The van der Waals surface area contributed by atoms with E-state index in [1.807, 2.05) is 42.6 Å². The standard InChI is InChI=1S/C18H18N2O3S/c1-12-4-3-5-13(8-12)10-19-16(21)11-20-15(18(22)23-2)9-14-6-7-24-17(14)20/h3-9H,10-11H2,1-2H3,(H,19,21). The smallest absolute Gasteiger partial charge is 0.354 e. The van der Waals surface area contributed by atoms with Crippen molar-refractivity contribution in [1.82, 2.24) is 9.88 Å². The number of nitrogens with one attached hydrogen (secondary N) is 1. The van der Waals surface area contributed by atoms with Crippen molar-refractivity contribution in [3.8, 4) is 0 Å². The Labute approximate surface area is 143 Å². The van der Waals surface area contributed by atoms with Crippen molar-refractivity contribution >= 4 is 33.4 Å². The molecule has 3 rings (SSSR count). The molecule has 2 heterocycles. The number of aromatic nitrogens is 1. The Morgan fingerprint density at radius 2 is 2.08 bits per heavy atom. The van der Waals surface area contributed by atoms with Crippen LogP contribution in [-0.4, -0.2) is 23.6 Å². The minimum atomic E-state index is -0.440. The van der Waals surface area contributed by atoms with Crippen molar-refractivity contribution in [2.24, 2.45) is 0 Å².